The summed E-state index contributed by atoms with van der Waals surface area (Å²) in [5.74, 6) is 0.726. The maximum absolute atomic E-state index is 10.2. The van der Waals surface area contributed by atoms with Crippen molar-refractivity contribution in [3.05, 3.63) is 29.1 Å². The lowest BCUT2D eigenvalue weighted by atomic mass is 9.95. The molecule has 1 saturated carbocycles. The number of aromatic nitrogens is 1. The molecule has 1 N–H and O–H groups in total. The van der Waals surface area contributed by atoms with Crippen molar-refractivity contribution < 1.29 is 5.11 Å². The van der Waals surface area contributed by atoms with Crippen LogP contribution in [0.5, 0.6) is 0 Å². The molecule has 2 nitrogen and oxygen atoms in total. The Kier molecular flexibility index (Phi) is 3.59. The van der Waals surface area contributed by atoms with E-state index in [1.54, 1.807) is 0 Å². The molecule has 2 heteroatoms. The number of hydrogen-bond acceptors (Lipinski definition) is 2. The zero-order chi connectivity index (χ0) is 11.5. The van der Waals surface area contributed by atoms with Crippen LogP contribution >= 0.6 is 0 Å². The molecule has 1 aromatic rings. The molecule has 1 fully saturated rings. The van der Waals surface area contributed by atoms with Crippen LogP contribution in [0.4, 0.5) is 0 Å². The number of pyridine rings is 1. The monoisotopic (exact) mass is 219 g/mol. The lowest BCUT2D eigenvalue weighted by Gasteiger charge is -2.16. The van der Waals surface area contributed by atoms with Crippen molar-refractivity contribution in [3.8, 4) is 0 Å². The van der Waals surface area contributed by atoms with E-state index in [9.17, 15) is 5.11 Å². The Morgan fingerprint density at radius 3 is 2.38 bits per heavy atom. The molecule has 0 bridgehead atoms. The van der Waals surface area contributed by atoms with Gasteiger partial charge in [0.25, 0.3) is 0 Å². The molecule has 1 aromatic heterocycles. The topological polar surface area (TPSA) is 33.1 Å². The standard InChI is InChI=1S/C14H21NO/c1-10-7-13(8-11(2)15-10)14(16)9-12-5-3-4-6-12/h7-8,12,14,16H,3-6,9H2,1-2H3. The van der Waals surface area contributed by atoms with Crippen LogP contribution in [0, 0.1) is 19.8 Å². The SMILES string of the molecule is Cc1cc(C(O)CC2CCCC2)cc(C)n1. The Morgan fingerprint density at radius 1 is 1.25 bits per heavy atom. The zero-order valence-electron chi connectivity index (χ0n) is 10.2. The van der Waals surface area contributed by atoms with Gasteiger partial charge in [0.1, 0.15) is 0 Å². The van der Waals surface area contributed by atoms with Gasteiger partial charge in [-0.15, -0.1) is 0 Å². The van der Waals surface area contributed by atoms with Gasteiger partial charge in [0.05, 0.1) is 6.10 Å². The molecule has 88 valence electrons. The second kappa shape index (κ2) is 4.96. The maximum Gasteiger partial charge on any atom is 0.0794 e. The summed E-state index contributed by atoms with van der Waals surface area (Å²) < 4.78 is 0. The molecule has 16 heavy (non-hydrogen) atoms. The number of hydrogen-bond donors (Lipinski definition) is 1. The fourth-order valence-corrected chi connectivity index (χ4v) is 2.76. The van der Waals surface area contributed by atoms with E-state index in [4.69, 9.17) is 0 Å². The van der Waals surface area contributed by atoms with E-state index in [2.05, 4.69) is 4.98 Å². The van der Waals surface area contributed by atoms with Crippen molar-refractivity contribution in [1.82, 2.24) is 4.98 Å². The van der Waals surface area contributed by atoms with E-state index in [1.807, 2.05) is 26.0 Å². The van der Waals surface area contributed by atoms with Gasteiger partial charge in [0.15, 0.2) is 0 Å². The van der Waals surface area contributed by atoms with E-state index in [1.165, 1.54) is 25.7 Å². The van der Waals surface area contributed by atoms with Crippen LogP contribution in [0.2, 0.25) is 0 Å². The average molecular weight is 219 g/mol. The van der Waals surface area contributed by atoms with Gasteiger partial charge in [-0.1, -0.05) is 25.7 Å². The van der Waals surface area contributed by atoms with Crippen molar-refractivity contribution in [1.29, 1.82) is 0 Å². The summed E-state index contributed by atoms with van der Waals surface area (Å²) in [6.07, 6.45) is 5.88. The zero-order valence-corrected chi connectivity index (χ0v) is 10.2. The predicted octanol–water partition coefficient (Wildman–Crippen LogP) is 3.31. The van der Waals surface area contributed by atoms with Gasteiger partial charge in [-0.3, -0.25) is 4.98 Å². The van der Waals surface area contributed by atoms with Crippen LogP contribution in [0.3, 0.4) is 0 Å². The number of aliphatic hydroxyl groups excluding tert-OH is 1. The van der Waals surface area contributed by atoms with E-state index in [-0.39, 0.29) is 6.10 Å². The first-order valence-electron chi connectivity index (χ1n) is 6.28. The minimum Gasteiger partial charge on any atom is -0.388 e. The Balaban J connectivity index is 2.04. The molecule has 2 rings (SSSR count). The highest BCUT2D eigenvalue weighted by Crippen LogP contribution is 2.33. The summed E-state index contributed by atoms with van der Waals surface area (Å²) in [5.41, 5.74) is 3.04. The molecular formula is C14H21NO. The van der Waals surface area contributed by atoms with Gasteiger partial charge in [0, 0.05) is 11.4 Å². The van der Waals surface area contributed by atoms with Crippen molar-refractivity contribution in [2.75, 3.05) is 0 Å². The van der Waals surface area contributed by atoms with Crippen LogP contribution in [0.25, 0.3) is 0 Å². The molecule has 0 aliphatic heterocycles. The first-order valence-corrected chi connectivity index (χ1v) is 6.28. The van der Waals surface area contributed by atoms with Gasteiger partial charge >= 0.3 is 0 Å². The number of aryl methyl sites for hydroxylation is 2. The second-order valence-electron chi connectivity index (χ2n) is 5.09. The summed E-state index contributed by atoms with van der Waals surface area (Å²) >= 11 is 0. The van der Waals surface area contributed by atoms with E-state index in [0.717, 1.165) is 29.3 Å². The number of aliphatic hydroxyl groups is 1. The largest absolute Gasteiger partial charge is 0.388 e. The van der Waals surface area contributed by atoms with Gasteiger partial charge in [-0.05, 0) is 43.9 Å². The summed E-state index contributed by atoms with van der Waals surface area (Å²) in [6, 6.07) is 4.01. The van der Waals surface area contributed by atoms with Crippen LogP contribution < -0.4 is 0 Å². The lowest BCUT2D eigenvalue weighted by molar-refractivity contribution is 0.144. The molecule has 1 atom stereocenters. The third-order valence-electron chi connectivity index (χ3n) is 3.52. The minimum atomic E-state index is -0.302. The summed E-state index contributed by atoms with van der Waals surface area (Å²) in [6.45, 7) is 3.97. The summed E-state index contributed by atoms with van der Waals surface area (Å²) in [4.78, 5) is 4.34. The van der Waals surface area contributed by atoms with E-state index >= 15 is 0 Å². The Morgan fingerprint density at radius 2 is 1.81 bits per heavy atom. The molecule has 0 radical (unpaired) electrons. The third kappa shape index (κ3) is 2.82. The lowest BCUT2D eigenvalue weighted by Crippen LogP contribution is -2.05. The van der Waals surface area contributed by atoms with Crippen molar-refractivity contribution in [2.24, 2.45) is 5.92 Å². The van der Waals surface area contributed by atoms with Crippen LogP contribution in [0.15, 0.2) is 12.1 Å². The van der Waals surface area contributed by atoms with E-state index in [0.29, 0.717) is 0 Å². The highest BCUT2D eigenvalue weighted by atomic mass is 16.3. The second-order valence-corrected chi connectivity index (χ2v) is 5.09. The molecule has 1 unspecified atom stereocenters. The number of rotatable bonds is 3. The Labute approximate surface area is 97.7 Å². The van der Waals surface area contributed by atoms with Crippen LogP contribution in [-0.2, 0) is 0 Å². The molecule has 0 saturated heterocycles. The molecule has 1 aliphatic rings. The first kappa shape index (κ1) is 11.6. The third-order valence-corrected chi connectivity index (χ3v) is 3.52. The van der Waals surface area contributed by atoms with Crippen molar-refractivity contribution >= 4 is 0 Å². The molecule has 0 spiro atoms. The van der Waals surface area contributed by atoms with Gasteiger partial charge < -0.3 is 5.11 Å². The molecule has 0 aromatic carbocycles. The molecule has 1 heterocycles. The fourth-order valence-electron chi connectivity index (χ4n) is 2.76. The van der Waals surface area contributed by atoms with Crippen molar-refractivity contribution in [2.45, 2.75) is 52.1 Å². The molecule has 0 amide bonds. The Bertz CT molecular complexity index is 336. The molecular weight excluding hydrogens is 198 g/mol. The van der Waals surface area contributed by atoms with Crippen LogP contribution in [0.1, 0.15) is 55.2 Å². The molecule has 1 aliphatic carbocycles. The highest BCUT2D eigenvalue weighted by Gasteiger charge is 2.20. The first-order chi connectivity index (χ1) is 7.65. The van der Waals surface area contributed by atoms with E-state index < -0.39 is 0 Å². The Hall–Kier alpha value is -0.890. The normalized spacial score (nSPS) is 18.9. The summed E-state index contributed by atoms with van der Waals surface area (Å²) in [5, 5.41) is 10.2. The smallest absolute Gasteiger partial charge is 0.0794 e. The van der Waals surface area contributed by atoms with Gasteiger partial charge in [-0.25, -0.2) is 0 Å². The highest BCUT2D eigenvalue weighted by molar-refractivity contribution is 5.22. The maximum atomic E-state index is 10.2. The minimum absolute atomic E-state index is 0.302. The van der Waals surface area contributed by atoms with Gasteiger partial charge in [0.2, 0.25) is 0 Å². The summed E-state index contributed by atoms with van der Waals surface area (Å²) in [7, 11) is 0. The predicted molar refractivity (Wildman–Crippen MR) is 65.2 cm³/mol. The fraction of sp³-hybridized carbons (Fsp3) is 0.643. The number of nitrogens with zero attached hydrogens (tertiary/aromatic N) is 1. The van der Waals surface area contributed by atoms with Gasteiger partial charge in [-0.2, -0.15) is 0 Å². The average Bonchev–Trinajstić information content (AvgIpc) is 2.68. The quantitative estimate of drug-likeness (QED) is 0.846. The van der Waals surface area contributed by atoms with Crippen molar-refractivity contribution in [3.63, 3.8) is 0 Å². The van der Waals surface area contributed by atoms with Crippen LogP contribution in [-0.4, -0.2) is 10.1 Å².